The zero-order valence-corrected chi connectivity index (χ0v) is 11.5. The van der Waals surface area contributed by atoms with E-state index in [0.717, 1.165) is 25.0 Å². The Morgan fingerprint density at radius 3 is 2.90 bits per heavy atom. The van der Waals surface area contributed by atoms with Crippen LogP contribution in [-0.2, 0) is 20.7 Å². The topological polar surface area (TPSA) is 110 Å². The fourth-order valence-electron chi connectivity index (χ4n) is 2.17. The molecule has 4 N–H and O–H groups in total. The zero-order chi connectivity index (χ0) is 14.5. The number of aromatic amines is 1. The summed E-state index contributed by atoms with van der Waals surface area (Å²) in [5, 5.41) is 9.60. The molecule has 1 saturated heterocycles. The molecule has 1 fully saturated rings. The van der Waals surface area contributed by atoms with Crippen LogP contribution in [0.1, 0.15) is 38.3 Å². The Bertz CT molecular complexity index is 486. The Kier molecular flexibility index (Phi) is 4.73. The Labute approximate surface area is 117 Å². The second-order valence-corrected chi connectivity index (χ2v) is 4.96. The van der Waals surface area contributed by atoms with Gasteiger partial charge in [0.2, 0.25) is 5.91 Å². The van der Waals surface area contributed by atoms with Crippen molar-refractivity contribution < 1.29 is 14.3 Å². The lowest BCUT2D eigenvalue weighted by Crippen LogP contribution is -2.32. The molecule has 2 amide bonds. The molecule has 1 aliphatic heterocycles. The van der Waals surface area contributed by atoms with Crippen molar-refractivity contribution in [3.63, 3.8) is 0 Å². The number of nitrogens with zero attached hydrogens (tertiary/aromatic N) is 1. The van der Waals surface area contributed by atoms with Gasteiger partial charge >= 0.3 is 0 Å². The summed E-state index contributed by atoms with van der Waals surface area (Å²) < 4.78 is 5.30. The standard InChI is InChI=1S/C13H20N4O3/c1-2-3-4-8-7-11(17-16-8)15-13(19)10-6-5-9(20-10)12(14)18/h7,9-10H,2-6H2,1H3,(H2,14,18)(H2,15,16,17,19)/t9-,10+/m0/s1. The van der Waals surface area contributed by atoms with Gasteiger partial charge in [0.1, 0.15) is 12.2 Å². The van der Waals surface area contributed by atoms with Crippen LogP contribution in [0, 0.1) is 0 Å². The molecule has 0 radical (unpaired) electrons. The van der Waals surface area contributed by atoms with E-state index >= 15 is 0 Å². The van der Waals surface area contributed by atoms with E-state index in [1.165, 1.54) is 0 Å². The van der Waals surface area contributed by atoms with Crippen molar-refractivity contribution in [3.8, 4) is 0 Å². The number of nitrogens with two attached hydrogens (primary N) is 1. The second kappa shape index (κ2) is 6.51. The Morgan fingerprint density at radius 1 is 1.50 bits per heavy atom. The van der Waals surface area contributed by atoms with Crippen molar-refractivity contribution in [3.05, 3.63) is 11.8 Å². The van der Waals surface area contributed by atoms with Crippen LogP contribution in [0.2, 0.25) is 0 Å². The molecule has 0 saturated carbocycles. The van der Waals surface area contributed by atoms with E-state index in [1.54, 1.807) is 0 Å². The summed E-state index contributed by atoms with van der Waals surface area (Å²) in [6.45, 7) is 2.12. The minimum absolute atomic E-state index is 0.290. The second-order valence-electron chi connectivity index (χ2n) is 4.96. The molecule has 7 nitrogen and oxygen atoms in total. The van der Waals surface area contributed by atoms with Gasteiger partial charge in [-0.1, -0.05) is 13.3 Å². The number of carbonyl (C=O) groups excluding carboxylic acids is 2. The lowest BCUT2D eigenvalue weighted by Gasteiger charge is -2.10. The summed E-state index contributed by atoms with van der Waals surface area (Å²) in [4.78, 5) is 22.9. The number of anilines is 1. The van der Waals surface area contributed by atoms with Crippen molar-refractivity contribution in [1.29, 1.82) is 0 Å². The highest BCUT2D eigenvalue weighted by Gasteiger charge is 2.33. The molecular weight excluding hydrogens is 260 g/mol. The number of ether oxygens (including phenoxy) is 1. The number of nitrogens with one attached hydrogen (secondary N) is 2. The van der Waals surface area contributed by atoms with Crippen LogP contribution in [0.4, 0.5) is 5.82 Å². The monoisotopic (exact) mass is 280 g/mol. The molecule has 0 bridgehead atoms. The van der Waals surface area contributed by atoms with Crippen LogP contribution in [0.3, 0.4) is 0 Å². The average molecular weight is 280 g/mol. The average Bonchev–Trinajstić information content (AvgIpc) is 3.05. The maximum Gasteiger partial charge on any atom is 0.254 e. The molecule has 110 valence electrons. The van der Waals surface area contributed by atoms with Crippen molar-refractivity contribution in [2.45, 2.75) is 51.2 Å². The zero-order valence-electron chi connectivity index (χ0n) is 11.5. The van der Waals surface area contributed by atoms with E-state index in [2.05, 4.69) is 22.4 Å². The van der Waals surface area contributed by atoms with E-state index in [1.807, 2.05) is 6.07 Å². The van der Waals surface area contributed by atoms with E-state index < -0.39 is 18.1 Å². The fraction of sp³-hybridized carbons (Fsp3) is 0.615. The van der Waals surface area contributed by atoms with Gasteiger partial charge in [0.05, 0.1) is 0 Å². The van der Waals surface area contributed by atoms with Crippen LogP contribution >= 0.6 is 0 Å². The molecule has 0 aliphatic carbocycles. The molecule has 2 heterocycles. The molecule has 0 unspecified atom stereocenters. The van der Waals surface area contributed by atoms with Gasteiger partial charge in [0, 0.05) is 11.8 Å². The smallest absolute Gasteiger partial charge is 0.254 e. The molecule has 1 aromatic heterocycles. The Hall–Kier alpha value is -1.89. The quantitative estimate of drug-likeness (QED) is 0.713. The summed E-state index contributed by atoms with van der Waals surface area (Å²) in [5.74, 6) is -0.337. The van der Waals surface area contributed by atoms with Crippen LogP contribution in [-0.4, -0.2) is 34.2 Å². The van der Waals surface area contributed by atoms with Gasteiger partial charge in [0.25, 0.3) is 5.91 Å². The van der Waals surface area contributed by atoms with Crippen molar-refractivity contribution in [1.82, 2.24) is 10.2 Å². The number of rotatable bonds is 6. The highest BCUT2D eigenvalue weighted by atomic mass is 16.5. The van der Waals surface area contributed by atoms with E-state index in [9.17, 15) is 9.59 Å². The Morgan fingerprint density at radius 2 is 2.25 bits per heavy atom. The molecule has 0 aromatic carbocycles. The minimum Gasteiger partial charge on any atom is -0.367 e. The largest absolute Gasteiger partial charge is 0.367 e. The first-order valence-corrected chi connectivity index (χ1v) is 6.90. The number of aromatic nitrogens is 2. The molecule has 20 heavy (non-hydrogen) atoms. The number of hydrogen-bond donors (Lipinski definition) is 3. The molecule has 2 rings (SSSR count). The number of carbonyl (C=O) groups is 2. The normalized spacial score (nSPS) is 21.9. The number of aryl methyl sites for hydroxylation is 1. The highest BCUT2D eigenvalue weighted by Crippen LogP contribution is 2.20. The van der Waals surface area contributed by atoms with Crippen molar-refractivity contribution in [2.75, 3.05) is 5.32 Å². The van der Waals surface area contributed by atoms with Gasteiger partial charge in [-0.15, -0.1) is 0 Å². The van der Waals surface area contributed by atoms with Gasteiger partial charge in [-0.05, 0) is 25.7 Å². The molecule has 0 spiro atoms. The number of H-pyrrole nitrogens is 1. The summed E-state index contributed by atoms with van der Waals surface area (Å²) in [6, 6.07) is 1.81. The third-order valence-corrected chi connectivity index (χ3v) is 3.31. The first kappa shape index (κ1) is 14.5. The number of amides is 2. The lowest BCUT2D eigenvalue weighted by atomic mass is 10.2. The van der Waals surface area contributed by atoms with Crippen molar-refractivity contribution >= 4 is 17.6 Å². The van der Waals surface area contributed by atoms with Crippen LogP contribution in [0.5, 0.6) is 0 Å². The molecular formula is C13H20N4O3. The van der Waals surface area contributed by atoms with Gasteiger partial charge in [-0.25, -0.2) is 0 Å². The molecule has 1 aromatic rings. The van der Waals surface area contributed by atoms with E-state index in [0.29, 0.717) is 18.7 Å². The summed E-state index contributed by atoms with van der Waals surface area (Å²) >= 11 is 0. The minimum atomic E-state index is -0.662. The van der Waals surface area contributed by atoms with Gasteiger partial charge in [-0.2, -0.15) is 5.10 Å². The summed E-state index contributed by atoms with van der Waals surface area (Å²) in [5.41, 5.74) is 6.14. The lowest BCUT2D eigenvalue weighted by molar-refractivity contribution is -0.134. The van der Waals surface area contributed by atoms with Crippen LogP contribution in [0.15, 0.2) is 6.07 Å². The van der Waals surface area contributed by atoms with E-state index in [4.69, 9.17) is 10.5 Å². The van der Waals surface area contributed by atoms with Crippen LogP contribution < -0.4 is 11.1 Å². The SMILES string of the molecule is CCCCc1cc(NC(=O)[C@H]2CC[C@@H](C(N)=O)O2)n[nH]1. The summed E-state index contributed by atoms with van der Waals surface area (Å²) in [7, 11) is 0. The Balaban J connectivity index is 1.85. The van der Waals surface area contributed by atoms with Crippen molar-refractivity contribution in [2.24, 2.45) is 5.73 Å². The molecule has 2 atom stereocenters. The first-order valence-electron chi connectivity index (χ1n) is 6.90. The molecule has 1 aliphatic rings. The van der Waals surface area contributed by atoms with Gasteiger partial charge in [0.15, 0.2) is 5.82 Å². The third kappa shape index (κ3) is 3.57. The number of hydrogen-bond acceptors (Lipinski definition) is 4. The van der Waals surface area contributed by atoms with Crippen LogP contribution in [0.25, 0.3) is 0 Å². The maximum absolute atomic E-state index is 12.0. The predicted octanol–water partition coefficient (Wildman–Crippen LogP) is 0.724. The number of primary amides is 1. The van der Waals surface area contributed by atoms with Gasteiger partial charge < -0.3 is 15.8 Å². The summed E-state index contributed by atoms with van der Waals surface area (Å²) in [6.07, 6.45) is 2.76. The first-order chi connectivity index (χ1) is 9.60. The van der Waals surface area contributed by atoms with Gasteiger partial charge in [-0.3, -0.25) is 14.7 Å². The fourth-order valence-corrected chi connectivity index (χ4v) is 2.17. The number of unbranched alkanes of at least 4 members (excludes halogenated alkanes) is 1. The third-order valence-electron chi connectivity index (χ3n) is 3.31. The highest BCUT2D eigenvalue weighted by molar-refractivity contribution is 5.94. The predicted molar refractivity (Wildman–Crippen MR) is 72.9 cm³/mol. The van der Waals surface area contributed by atoms with E-state index in [-0.39, 0.29) is 5.91 Å². The maximum atomic E-state index is 12.0. The molecule has 7 heteroatoms.